The van der Waals surface area contributed by atoms with E-state index >= 15 is 0 Å². The number of hydrogen-bond donors (Lipinski definition) is 1. The van der Waals surface area contributed by atoms with Crippen LogP contribution in [0, 0.1) is 0 Å². The van der Waals surface area contributed by atoms with Gasteiger partial charge in [0.05, 0.1) is 5.56 Å². The van der Waals surface area contributed by atoms with Gasteiger partial charge in [0.1, 0.15) is 0 Å². The molecule has 0 aromatic heterocycles. The number of carboxylic acid groups (broad SMARTS) is 1. The quantitative estimate of drug-likeness (QED) is 0.922. The Balaban J connectivity index is 0.00000180. The van der Waals surface area contributed by atoms with Gasteiger partial charge in [-0.15, -0.1) is 12.4 Å². The minimum Gasteiger partial charge on any atom is -0.478 e. The number of likely N-dealkylation sites (tertiary alicyclic amines) is 1. The molecule has 0 spiro atoms. The molecule has 106 valence electrons. The standard InChI is InChI=1S/C15H21NO2.ClH/c1-12-4-2-3-10-16(12)11-9-13-5-7-14(8-6-13)15(17)18;/h5-8,12H,2-4,9-11H2,1H3,(H,17,18);1H. The second kappa shape index (κ2) is 7.51. The fourth-order valence-electron chi connectivity index (χ4n) is 2.58. The Morgan fingerprint density at radius 1 is 1.32 bits per heavy atom. The molecule has 1 aliphatic rings. The van der Waals surface area contributed by atoms with E-state index < -0.39 is 5.97 Å². The molecule has 0 amide bonds. The number of aromatic carboxylic acids is 1. The summed E-state index contributed by atoms with van der Waals surface area (Å²) in [6.07, 6.45) is 4.97. The van der Waals surface area contributed by atoms with E-state index in [-0.39, 0.29) is 12.4 Å². The van der Waals surface area contributed by atoms with E-state index in [0.29, 0.717) is 11.6 Å². The van der Waals surface area contributed by atoms with Gasteiger partial charge < -0.3 is 10.0 Å². The SMILES string of the molecule is CC1CCCCN1CCc1ccc(C(=O)O)cc1.Cl. The van der Waals surface area contributed by atoms with Crippen LogP contribution in [0.5, 0.6) is 0 Å². The Morgan fingerprint density at radius 3 is 2.58 bits per heavy atom. The molecule has 1 aliphatic heterocycles. The molecule has 3 nitrogen and oxygen atoms in total. The lowest BCUT2D eigenvalue weighted by Gasteiger charge is -2.33. The third-order valence-corrected chi connectivity index (χ3v) is 3.83. The van der Waals surface area contributed by atoms with Crippen molar-refractivity contribution in [1.29, 1.82) is 0 Å². The van der Waals surface area contributed by atoms with Crippen LogP contribution >= 0.6 is 12.4 Å². The molecule has 1 fully saturated rings. The summed E-state index contributed by atoms with van der Waals surface area (Å²) in [5.74, 6) is -0.855. The van der Waals surface area contributed by atoms with Crippen molar-refractivity contribution < 1.29 is 9.90 Å². The van der Waals surface area contributed by atoms with Gasteiger partial charge in [0.2, 0.25) is 0 Å². The number of piperidine rings is 1. The smallest absolute Gasteiger partial charge is 0.335 e. The van der Waals surface area contributed by atoms with E-state index in [0.717, 1.165) is 13.0 Å². The summed E-state index contributed by atoms with van der Waals surface area (Å²) >= 11 is 0. The minimum atomic E-state index is -0.855. The van der Waals surface area contributed by atoms with E-state index in [2.05, 4.69) is 11.8 Å². The Kier molecular flexibility index (Phi) is 6.32. The highest BCUT2D eigenvalue weighted by molar-refractivity contribution is 5.87. The summed E-state index contributed by atoms with van der Waals surface area (Å²) in [4.78, 5) is 13.3. The van der Waals surface area contributed by atoms with Crippen molar-refractivity contribution in [2.75, 3.05) is 13.1 Å². The molecule has 1 aromatic carbocycles. The van der Waals surface area contributed by atoms with E-state index in [1.165, 1.54) is 31.4 Å². The zero-order valence-corrected chi connectivity index (χ0v) is 12.2. The fourth-order valence-corrected chi connectivity index (χ4v) is 2.58. The molecule has 1 unspecified atom stereocenters. The number of carboxylic acids is 1. The molecule has 1 heterocycles. The van der Waals surface area contributed by atoms with Crippen molar-refractivity contribution in [3.05, 3.63) is 35.4 Å². The molecule has 0 aliphatic carbocycles. The van der Waals surface area contributed by atoms with Crippen molar-refractivity contribution in [3.8, 4) is 0 Å². The topological polar surface area (TPSA) is 40.5 Å². The number of hydrogen-bond acceptors (Lipinski definition) is 2. The second-order valence-corrected chi connectivity index (χ2v) is 5.13. The zero-order chi connectivity index (χ0) is 13.0. The maximum absolute atomic E-state index is 10.8. The molecule has 19 heavy (non-hydrogen) atoms. The van der Waals surface area contributed by atoms with Crippen LogP contribution in [-0.2, 0) is 6.42 Å². The van der Waals surface area contributed by atoms with Crippen LogP contribution in [0.2, 0.25) is 0 Å². The van der Waals surface area contributed by atoms with Crippen LogP contribution in [0.15, 0.2) is 24.3 Å². The van der Waals surface area contributed by atoms with Crippen LogP contribution in [0.25, 0.3) is 0 Å². The number of rotatable bonds is 4. The van der Waals surface area contributed by atoms with Gasteiger partial charge in [-0.3, -0.25) is 0 Å². The molecule has 4 heteroatoms. The van der Waals surface area contributed by atoms with Crippen LogP contribution in [0.3, 0.4) is 0 Å². The predicted octanol–water partition coefficient (Wildman–Crippen LogP) is 3.22. The second-order valence-electron chi connectivity index (χ2n) is 5.13. The van der Waals surface area contributed by atoms with E-state index in [9.17, 15) is 4.79 Å². The Hall–Kier alpha value is -1.06. The van der Waals surface area contributed by atoms with Crippen molar-refractivity contribution in [3.63, 3.8) is 0 Å². The van der Waals surface area contributed by atoms with E-state index in [4.69, 9.17) is 5.11 Å². The summed E-state index contributed by atoms with van der Waals surface area (Å²) in [5.41, 5.74) is 1.59. The monoisotopic (exact) mass is 283 g/mol. The van der Waals surface area contributed by atoms with Gasteiger partial charge in [0.15, 0.2) is 0 Å². The molecule has 0 radical (unpaired) electrons. The number of halogens is 1. The van der Waals surface area contributed by atoms with Gasteiger partial charge in [-0.05, 0) is 50.4 Å². The molecule has 1 atom stereocenters. The number of benzene rings is 1. The molecule has 1 aromatic rings. The van der Waals surface area contributed by atoms with Gasteiger partial charge in [-0.25, -0.2) is 4.79 Å². The van der Waals surface area contributed by atoms with Gasteiger partial charge in [-0.1, -0.05) is 18.6 Å². The van der Waals surface area contributed by atoms with Gasteiger partial charge in [-0.2, -0.15) is 0 Å². The summed E-state index contributed by atoms with van der Waals surface area (Å²) in [7, 11) is 0. The predicted molar refractivity (Wildman–Crippen MR) is 79.2 cm³/mol. The third-order valence-electron chi connectivity index (χ3n) is 3.83. The molecule has 1 N–H and O–H groups in total. The van der Waals surface area contributed by atoms with E-state index in [1.54, 1.807) is 12.1 Å². The van der Waals surface area contributed by atoms with Crippen LogP contribution in [0.1, 0.15) is 42.1 Å². The Labute approximate surface area is 121 Å². The first kappa shape index (κ1) is 16.0. The van der Waals surface area contributed by atoms with Gasteiger partial charge in [0.25, 0.3) is 0 Å². The maximum Gasteiger partial charge on any atom is 0.335 e. The molecule has 1 saturated heterocycles. The largest absolute Gasteiger partial charge is 0.478 e. The van der Waals surface area contributed by atoms with Crippen molar-refractivity contribution in [2.45, 2.75) is 38.6 Å². The van der Waals surface area contributed by atoms with Gasteiger partial charge >= 0.3 is 5.97 Å². The summed E-state index contributed by atoms with van der Waals surface area (Å²) in [6.45, 7) is 4.58. The van der Waals surface area contributed by atoms with Crippen LogP contribution in [0.4, 0.5) is 0 Å². The fraction of sp³-hybridized carbons (Fsp3) is 0.533. The molecular weight excluding hydrogens is 262 g/mol. The number of nitrogens with zero attached hydrogens (tertiary/aromatic N) is 1. The summed E-state index contributed by atoms with van der Waals surface area (Å²) < 4.78 is 0. The average Bonchev–Trinajstić information content (AvgIpc) is 2.38. The Bertz CT molecular complexity index is 405. The Morgan fingerprint density at radius 2 is 2.00 bits per heavy atom. The first-order chi connectivity index (χ1) is 8.66. The van der Waals surface area contributed by atoms with Gasteiger partial charge in [0, 0.05) is 12.6 Å². The lowest BCUT2D eigenvalue weighted by molar-refractivity contribution is 0.0697. The molecular formula is C15H22ClNO2. The van der Waals surface area contributed by atoms with E-state index in [1.807, 2.05) is 12.1 Å². The first-order valence-electron chi connectivity index (χ1n) is 6.73. The first-order valence-corrected chi connectivity index (χ1v) is 6.73. The van der Waals surface area contributed by atoms with Crippen molar-refractivity contribution in [1.82, 2.24) is 4.90 Å². The highest BCUT2D eigenvalue weighted by Gasteiger charge is 2.17. The third kappa shape index (κ3) is 4.51. The van der Waals surface area contributed by atoms with Crippen LogP contribution < -0.4 is 0 Å². The lowest BCUT2D eigenvalue weighted by Crippen LogP contribution is -2.38. The van der Waals surface area contributed by atoms with Crippen molar-refractivity contribution in [2.24, 2.45) is 0 Å². The summed E-state index contributed by atoms with van der Waals surface area (Å²) in [5, 5.41) is 8.84. The lowest BCUT2D eigenvalue weighted by atomic mass is 10.0. The zero-order valence-electron chi connectivity index (χ0n) is 11.3. The summed E-state index contributed by atoms with van der Waals surface area (Å²) in [6, 6.07) is 7.93. The molecule has 0 bridgehead atoms. The van der Waals surface area contributed by atoms with Crippen molar-refractivity contribution >= 4 is 18.4 Å². The average molecular weight is 284 g/mol. The normalized spacial score (nSPS) is 19.7. The molecule has 2 rings (SSSR count). The highest BCUT2D eigenvalue weighted by Crippen LogP contribution is 2.17. The molecule has 0 saturated carbocycles. The number of carbonyl (C=O) groups is 1. The van der Waals surface area contributed by atoms with Crippen LogP contribution in [-0.4, -0.2) is 35.1 Å². The minimum absolute atomic E-state index is 0. The highest BCUT2D eigenvalue weighted by atomic mass is 35.5. The maximum atomic E-state index is 10.8.